The summed E-state index contributed by atoms with van der Waals surface area (Å²) in [6, 6.07) is 15.7. The number of carbonyl (C=O) groups is 1. The van der Waals surface area contributed by atoms with E-state index < -0.39 is 0 Å². The number of carbonyl (C=O) groups excluding carboxylic acids is 1. The lowest BCUT2D eigenvalue weighted by Crippen LogP contribution is -2.08. The number of methoxy groups -OCH3 is 1. The van der Waals surface area contributed by atoms with Crippen LogP contribution in [-0.4, -0.2) is 40.2 Å². The van der Waals surface area contributed by atoms with Crippen LogP contribution >= 0.6 is 11.8 Å². The Bertz CT molecular complexity index is 922. The Balaban J connectivity index is 2.01. The Labute approximate surface area is 162 Å². The van der Waals surface area contributed by atoms with Crippen molar-refractivity contribution in [1.82, 2.24) is 14.8 Å². The first kappa shape index (κ1) is 19.0. The van der Waals surface area contributed by atoms with E-state index in [9.17, 15) is 4.79 Å². The highest BCUT2D eigenvalue weighted by atomic mass is 32.2. The van der Waals surface area contributed by atoms with Gasteiger partial charge in [0.2, 0.25) is 0 Å². The maximum Gasteiger partial charge on any atom is 0.316 e. The minimum atomic E-state index is -0.274. The van der Waals surface area contributed by atoms with Gasteiger partial charge >= 0.3 is 5.97 Å². The molecule has 0 aliphatic carbocycles. The summed E-state index contributed by atoms with van der Waals surface area (Å²) >= 11 is 1.30. The highest BCUT2D eigenvalue weighted by molar-refractivity contribution is 7.99. The van der Waals surface area contributed by atoms with Crippen molar-refractivity contribution >= 4 is 17.7 Å². The van der Waals surface area contributed by atoms with Gasteiger partial charge in [-0.05, 0) is 44.2 Å². The third-order valence-corrected chi connectivity index (χ3v) is 4.77. The summed E-state index contributed by atoms with van der Waals surface area (Å²) in [7, 11) is 1.63. The molecule has 6 nitrogen and oxygen atoms in total. The standard InChI is InChI=1S/C20H21N3O3S/c1-4-26-18(24)13-27-20-22-21-19(15-7-5-6-14(2)12-15)23(20)16-8-10-17(25-3)11-9-16/h5-12H,4,13H2,1-3H3. The summed E-state index contributed by atoms with van der Waals surface area (Å²) in [5.41, 5.74) is 2.99. The van der Waals surface area contributed by atoms with Crippen molar-refractivity contribution < 1.29 is 14.3 Å². The molecule has 0 aliphatic rings. The molecule has 0 saturated carbocycles. The number of ether oxygens (including phenoxy) is 2. The van der Waals surface area contributed by atoms with Crippen LogP contribution in [0.1, 0.15) is 12.5 Å². The van der Waals surface area contributed by atoms with Crippen LogP contribution in [0.4, 0.5) is 0 Å². The van der Waals surface area contributed by atoms with Crippen molar-refractivity contribution in [2.24, 2.45) is 0 Å². The minimum absolute atomic E-state index is 0.177. The molecule has 0 saturated heterocycles. The summed E-state index contributed by atoms with van der Waals surface area (Å²) in [6.07, 6.45) is 0. The number of nitrogens with zero attached hydrogens (tertiary/aromatic N) is 3. The summed E-state index contributed by atoms with van der Waals surface area (Å²) in [5, 5.41) is 9.32. The zero-order valence-electron chi connectivity index (χ0n) is 15.5. The van der Waals surface area contributed by atoms with Gasteiger partial charge in [-0.3, -0.25) is 9.36 Å². The fraction of sp³-hybridized carbons (Fsp3) is 0.250. The fourth-order valence-electron chi connectivity index (χ4n) is 2.62. The third-order valence-electron chi connectivity index (χ3n) is 3.86. The number of aromatic nitrogens is 3. The molecule has 3 aromatic rings. The van der Waals surface area contributed by atoms with Gasteiger partial charge in [0.05, 0.1) is 19.5 Å². The molecular formula is C20H21N3O3S. The van der Waals surface area contributed by atoms with Gasteiger partial charge in [0, 0.05) is 11.3 Å². The fourth-order valence-corrected chi connectivity index (χ4v) is 3.37. The lowest BCUT2D eigenvalue weighted by molar-refractivity contribution is -0.139. The molecule has 7 heteroatoms. The topological polar surface area (TPSA) is 66.2 Å². The van der Waals surface area contributed by atoms with E-state index in [0.717, 1.165) is 28.4 Å². The first-order valence-electron chi connectivity index (χ1n) is 8.57. The summed E-state index contributed by atoms with van der Waals surface area (Å²) in [4.78, 5) is 11.8. The van der Waals surface area contributed by atoms with Gasteiger partial charge in [0.25, 0.3) is 0 Å². The molecule has 0 spiro atoms. The molecular weight excluding hydrogens is 362 g/mol. The zero-order chi connectivity index (χ0) is 19.2. The van der Waals surface area contributed by atoms with Crippen LogP contribution in [-0.2, 0) is 9.53 Å². The summed E-state index contributed by atoms with van der Waals surface area (Å²) in [5.74, 6) is 1.39. The van der Waals surface area contributed by atoms with E-state index in [2.05, 4.69) is 16.3 Å². The summed E-state index contributed by atoms with van der Waals surface area (Å²) in [6.45, 7) is 4.19. The van der Waals surface area contributed by atoms with E-state index in [1.165, 1.54) is 11.8 Å². The van der Waals surface area contributed by atoms with E-state index in [-0.39, 0.29) is 11.7 Å². The molecule has 0 fully saturated rings. The molecule has 1 heterocycles. The Hall–Kier alpha value is -2.80. The number of aryl methyl sites for hydroxylation is 1. The molecule has 27 heavy (non-hydrogen) atoms. The maximum absolute atomic E-state index is 11.8. The van der Waals surface area contributed by atoms with Crippen molar-refractivity contribution in [3.63, 3.8) is 0 Å². The normalized spacial score (nSPS) is 10.6. The number of rotatable bonds is 7. The van der Waals surface area contributed by atoms with Crippen LogP contribution in [0.5, 0.6) is 5.75 Å². The van der Waals surface area contributed by atoms with E-state index in [1.54, 1.807) is 14.0 Å². The van der Waals surface area contributed by atoms with Crippen molar-refractivity contribution in [3.05, 3.63) is 54.1 Å². The Morgan fingerprint density at radius 3 is 2.59 bits per heavy atom. The van der Waals surface area contributed by atoms with Crippen LogP contribution in [0.3, 0.4) is 0 Å². The molecule has 0 N–H and O–H groups in total. The van der Waals surface area contributed by atoms with E-state index in [4.69, 9.17) is 9.47 Å². The van der Waals surface area contributed by atoms with E-state index >= 15 is 0 Å². The monoisotopic (exact) mass is 383 g/mol. The van der Waals surface area contributed by atoms with Gasteiger partial charge in [0.1, 0.15) is 5.75 Å². The van der Waals surface area contributed by atoms with Gasteiger partial charge in [-0.25, -0.2) is 0 Å². The molecule has 0 bridgehead atoms. The van der Waals surface area contributed by atoms with Gasteiger partial charge in [0.15, 0.2) is 11.0 Å². The molecule has 0 aliphatic heterocycles. The van der Waals surface area contributed by atoms with Gasteiger partial charge < -0.3 is 9.47 Å². The first-order valence-corrected chi connectivity index (χ1v) is 9.56. The number of hydrogen-bond acceptors (Lipinski definition) is 6. The quantitative estimate of drug-likeness (QED) is 0.455. The molecule has 0 atom stereocenters. The van der Waals surface area contributed by atoms with Gasteiger partial charge in [-0.1, -0.05) is 35.5 Å². The van der Waals surface area contributed by atoms with Crippen LogP contribution in [0.2, 0.25) is 0 Å². The van der Waals surface area contributed by atoms with Gasteiger partial charge in [-0.15, -0.1) is 10.2 Å². The molecule has 0 amide bonds. The molecule has 0 unspecified atom stereocenters. The highest BCUT2D eigenvalue weighted by Crippen LogP contribution is 2.29. The second-order valence-electron chi connectivity index (χ2n) is 5.80. The van der Waals surface area contributed by atoms with Gasteiger partial charge in [-0.2, -0.15) is 0 Å². The van der Waals surface area contributed by atoms with Crippen LogP contribution < -0.4 is 4.74 Å². The van der Waals surface area contributed by atoms with Crippen molar-refractivity contribution in [2.45, 2.75) is 19.0 Å². The largest absolute Gasteiger partial charge is 0.497 e. The number of benzene rings is 2. The minimum Gasteiger partial charge on any atom is -0.497 e. The maximum atomic E-state index is 11.8. The lowest BCUT2D eigenvalue weighted by Gasteiger charge is -2.11. The highest BCUT2D eigenvalue weighted by Gasteiger charge is 2.17. The number of esters is 1. The molecule has 3 rings (SSSR count). The Morgan fingerprint density at radius 2 is 1.93 bits per heavy atom. The predicted molar refractivity (Wildman–Crippen MR) is 105 cm³/mol. The van der Waals surface area contributed by atoms with E-state index in [1.807, 2.05) is 54.0 Å². The smallest absolute Gasteiger partial charge is 0.316 e. The zero-order valence-corrected chi connectivity index (χ0v) is 16.3. The van der Waals surface area contributed by atoms with Crippen molar-refractivity contribution in [3.8, 4) is 22.8 Å². The van der Waals surface area contributed by atoms with Crippen LogP contribution in [0, 0.1) is 6.92 Å². The summed E-state index contributed by atoms with van der Waals surface area (Å²) < 4.78 is 12.2. The number of thioether (sulfide) groups is 1. The van der Waals surface area contributed by atoms with Crippen molar-refractivity contribution in [2.75, 3.05) is 19.5 Å². The lowest BCUT2D eigenvalue weighted by atomic mass is 10.1. The first-order chi connectivity index (χ1) is 13.1. The second kappa shape index (κ2) is 8.73. The number of hydrogen-bond donors (Lipinski definition) is 0. The molecule has 140 valence electrons. The predicted octanol–water partition coefficient (Wildman–Crippen LogP) is 3.91. The van der Waals surface area contributed by atoms with Crippen molar-refractivity contribution in [1.29, 1.82) is 0 Å². The Morgan fingerprint density at radius 1 is 1.15 bits per heavy atom. The molecule has 2 aromatic carbocycles. The molecule has 0 radical (unpaired) electrons. The Kier molecular flexibility index (Phi) is 6.13. The van der Waals surface area contributed by atoms with E-state index in [0.29, 0.717) is 11.8 Å². The average molecular weight is 383 g/mol. The SMILES string of the molecule is CCOC(=O)CSc1nnc(-c2cccc(C)c2)n1-c1ccc(OC)cc1. The second-order valence-corrected chi connectivity index (χ2v) is 6.75. The van der Waals surface area contributed by atoms with Crippen LogP contribution in [0.15, 0.2) is 53.7 Å². The van der Waals surface area contributed by atoms with Crippen LogP contribution in [0.25, 0.3) is 17.1 Å². The third kappa shape index (κ3) is 4.49. The molecule has 1 aromatic heterocycles. The average Bonchev–Trinajstić information content (AvgIpc) is 3.10.